The fourth-order valence-corrected chi connectivity index (χ4v) is 3.57. The van der Waals surface area contributed by atoms with Crippen LogP contribution in [0.5, 0.6) is 0 Å². The molecule has 3 aromatic heterocycles. The number of aryl methyl sites for hydroxylation is 1. The van der Waals surface area contributed by atoms with Crippen molar-refractivity contribution in [3.05, 3.63) is 71.1 Å². The third-order valence-corrected chi connectivity index (χ3v) is 5.17. The van der Waals surface area contributed by atoms with E-state index in [0.717, 1.165) is 27.0 Å². The van der Waals surface area contributed by atoms with E-state index in [1.807, 2.05) is 54.2 Å². The fourth-order valence-electron chi connectivity index (χ4n) is 2.75. The molecule has 0 spiro atoms. The maximum atomic E-state index is 12.2. The SMILES string of the molecule is Cc1nc(NC(=O)NCCn2ncc3ccccc32)sc1C#Cc1ccncc1. The first kappa shape index (κ1) is 18.7. The average molecular weight is 402 g/mol. The van der Waals surface area contributed by atoms with E-state index in [-0.39, 0.29) is 6.03 Å². The topological polar surface area (TPSA) is 84.7 Å². The Morgan fingerprint density at radius 1 is 1.17 bits per heavy atom. The Bertz CT molecular complexity index is 1200. The third-order valence-electron chi connectivity index (χ3n) is 4.18. The molecule has 1 aromatic carbocycles. The highest BCUT2D eigenvalue weighted by Gasteiger charge is 2.09. The van der Waals surface area contributed by atoms with Crippen LogP contribution in [0.3, 0.4) is 0 Å². The fraction of sp³-hybridized carbons (Fsp3) is 0.143. The van der Waals surface area contributed by atoms with Crippen LogP contribution in [0.2, 0.25) is 0 Å². The molecule has 0 unspecified atom stereocenters. The second-order valence-electron chi connectivity index (χ2n) is 6.23. The molecule has 0 radical (unpaired) electrons. The number of amides is 2. The molecule has 3 heterocycles. The average Bonchev–Trinajstić information content (AvgIpc) is 3.30. The molecular weight excluding hydrogens is 384 g/mol. The quantitative estimate of drug-likeness (QED) is 0.512. The number of para-hydroxylation sites is 1. The number of aromatic nitrogens is 4. The highest BCUT2D eigenvalue weighted by atomic mass is 32.1. The van der Waals surface area contributed by atoms with Gasteiger partial charge in [-0.15, -0.1) is 0 Å². The van der Waals surface area contributed by atoms with Gasteiger partial charge in [-0.25, -0.2) is 9.78 Å². The Morgan fingerprint density at radius 3 is 2.86 bits per heavy atom. The van der Waals surface area contributed by atoms with E-state index in [9.17, 15) is 4.79 Å². The van der Waals surface area contributed by atoms with Gasteiger partial charge in [0.25, 0.3) is 0 Å². The van der Waals surface area contributed by atoms with E-state index in [0.29, 0.717) is 18.2 Å². The monoisotopic (exact) mass is 402 g/mol. The van der Waals surface area contributed by atoms with Gasteiger partial charge in [0.15, 0.2) is 5.13 Å². The molecule has 8 heteroatoms. The van der Waals surface area contributed by atoms with Crippen LogP contribution in [0.1, 0.15) is 16.1 Å². The molecule has 0 fully saturated rings. The Kier molecular flexibility index (Phi) is 5.49. The van der Waals surface area contributed by atoms with Crippen molar-refractivity contribution in [1.29, 1.82) is 0 Å². The lowest BCUT2D eigenvalue weighted by molar-refractivity contribution is 0.251. The van der Waals surface area contributed by atoms with Gasteiger partial charge < -0.3 is 5.32 Å². The molecule has 0 saturated heterocycles. The normalized spacial score (nSPS) is 10.4. The largest absolute Gasteiger partial charge is 0.336 e. The molecule has 2 amide bonds. The summed E-state index contributed by atoms with van der Waals surface area (Å²) in [5.41, 5.74) is 2.71. The number of nitrogens with zero attached hydrogens (tertiary/aromatic N) is 4. The molecule has 7 nitrogen and oxygen atoms in total. The highest BCUT2D eigenvalue weighted by Crippen LogP contribution is 2.21. The number of carbonyl (C=O) groups is 1. The third kappa shape index (κ3) is 4.59. The van der Waals surface area contributed by atoms with E-state index >= 15 is 0 Å². The number of urea groups is 1. The first-order valence-corrected chi connectivity index (χ1v) is 9.85. The van der Waals surface area contributed by atoms with Gasteiger partial charge in [0, 0.05) is 29.9 Å². The van der Waals surface area contributed by atoms with Crippen LogP contribution in [-0.4, -0.2) is 32.3 Å². The lowest BCUT2D eigenvalue weighted by Crippen LogP contribution is -2.31. The Labute approximate surface area is 171 Å². The van der Waals surface area contributed by atoms with Crippen LogP contribution in [0.4, 0.5) is 9.93 Å². The predicted octanol–water partition coefficient (Wildman–Crippen LogP) is 3.42. The first-order chi connectivity index (χ1) is 14.2. The number of benzene rings is 1. The smallest absolute Gasteiger partial charge is 0.321 e. The molecule has 0 aliphatic rings. The number of hydrogen-bond donors (Lipinski definition) is 2. The number of pyridine rings is 1. The molecule has 0 aliphatic carbocycles. The van der Waals surface area contributed by atoms with E-state index < -0.39 is 0 Å². The molecule has 29 heavy (non-hydrogen) atoms. The zero-order chi connectivity index (χ0) is 20.1. The molecule has 4 aromatic rings. The highest BCUT2D eigenvalue weighted by molar-refractivity contribution is 7.16. The summed E-state index contributed by atoms with van der Waals surface area (Å²) >= 11 is 1.35. The van der Waals surface area contributed by atoms with Crippen LogP contribution in [0.15, 0.2) is 55.0 Å². The molecule has 2 N–H and O–H groups in total. The number of hydrogen-bond acceptors (Lipinski definition) is 5. The van der Waals surface area contributed by atoms with Crippen LogP contribution < -0.4 is 10.6 Å². The first-order valence-electron chi connectivity index (χ1n) is 9.04. The summed E-state index contributed by atoms with van der Waals surface area (Å²) in [5, 5.41) is 11.6. The van der Waals surface area contributed by atoms with Gasteiger partial charge in [-0.2, -0.15) is 5.10 Å². The van der Waals surface area contributed by atoms with Gasteiger partial charge in [0.05, 0.1) is 24.0 Å². The van der Waals surface area contributed by atoms with E-state index in [1.165, 1.54) is 11.3 Å². The predicted molar refractivity (Wildman–Crippen MR) is 114 cm³/mol. The molecule has 0 atom stereocenters. The van der Waals surface area contributed by atoms with Crippen LogP contribution >= 0.6 is 11.3 Å². The number of anilines is 1. The van der Waals surface area contributed by atoms with Crippen molar-refractivity contribution in [2.75, 3.05) is 11.9 Å². The number of thiazole rings is 1. The standard InChI is InChI=1S/C21H18N6OS/c1-15-19(7-6-16-8-10-22-11-9-16)29-21(25-15)26-20(28)23-12-13-27-18-5-3-2-4-17(18)14-24-27/h2-5,8-11,14H,12-13H2,1H3,(H2,23,25,26,28). The maximum absolute atomic E-state index is 12.2. The van der Waals surface area contributed by atoms with Crippen LogP contribution in [-0.2, 0) is 6.54 Å². The number of nitrogens with one attached hydrogen (secondary N) is 2. The number of rotatable bonds is 4. The van der Waals surface area contributed by atoms with Crippen molar-refractivity contribution in [3.63, 3.8) is 0 Å². The summed E-state index contributed by atoms with van der Waals surface area (Å²) in [4.78, 5) is 21.3. The lowest BCUT2D eigenvalue weighted by Gasteiger charge is -2.06. The summed E-state index contributed by atoms with van der Waals surface area (Å²) in [7, 11) is 0. The zero-order valence-corrected chi connectivity index (χ0v) is 16.5. The van der Waals surface area contributed by atoms with Gasteiger partial charge in [0.2, 0.25) is 0 Å². The molecule has 0 aliphatic heterocycles. The van der Waals surface area contributed by atoms with Gasteiger partial charge in [-0.1, -0.05) is 35.5 Å². The molecule has 4 rings (SSSR count). The van der Waals surface area contributed by atoms with E-state index in [4.69, 9.17) is 0 Å². The van der Waals surface area contributed by atoms with Crippen molar-refractivity contribution in [3.8, 4) is 11.8 Å². The summed E-state index contributed by atoms with van der Waals surface area (Å²) < 4.78 is 1.87. The lowest BCUT2D eigenvalue weighted by atomic mass is 10.2. The Hall–Kier alpha value is -3.70. The molecule has 144 valence electrons. The second kappa shape index (κ2) is 8.54. The number of carbonyl (C=O) groups excluding carboxylic acids is 1. The second-order valence-corrected chi connectivity index (χ2v) is 7.23. The minimum absolute atomic E-state index is 0.302. The summed E-state index contributed by atoms with van der Waals surface area (Å²) in [6.45, 7) is 2.91. The van der Waals surface area contributed by atoms with Gasteiger partial charge in [-0.05, 0) is 31.0 Å². The van der Waals surface area contributed by atoms with Crippen molar-refractivity contribution >= 4 is 33.4 Å². The van der Waals surface area contributed by atoms with E-state index in [1.54, 1.807) is 12.4 Å². The number of fused-ring (bicyclic) bond motifs is 1. The van der Waals surface area contributed by atoms with E-state index in [2.05, 4.69) is 37.5 Å². The zero-order valence-electron chi connectivity index (χ0n) is 15.7. The molecule has 0 saturated carbocycles. The summed E-state index contributed by atoms with van der Waals surface area (Å²) in [6.07, 6.45) is 5.22. The van der Waals surface area contributed by atoms with Crippen molar-refractivity contribution in [2.24, 2.45) is 0 Å². The van der Waals surface area contributed by atoms with Crippen LogP contribution in [0.25, 0.3) is 10.9 Å². The summed E-state index contributed by atoms with van der Waals surface area (Å²) in [6, 6.07) is 11.4. The van der Waals surface area contributed by atoms with Gasteiger partial charge in [0.1, 0.15) is 4.88 Å². The molecule has 0 bridgehead atoms. The Balaban J connectivity index is 1.32. The van der Waals surface area contributed by atoms with Crippen molar-refractivity contribution in [2.45, 2.75) is 13.5 Å². The maximum Gasteiger partial charge on any atom is 0.321 e. The van der Waals surface area contributed by atoms with Gasteiger partial charge >= 0.3 is 6.03 Å². The summed E-state index contributed by atoms with van der Waals surface area (Å²) in [5.74, 6) is 6.17. The van der Waals surface area contributed by atoms with Crippen LogP contribution in [0, 0.1) is 18.8 Å². The molecular formula is C21H18N6OS. The van der Waals surface area contributed by atoms with Crippen molar-refractivity contribution < 1.29 is 4.79 Å². The van der Waals surface area contributed by atoms with Crippen molar-refractivity contribution in [1.82, 2.24) is 25.1 Å². The Morgan fingerprint density at radius 2 is 2.00 bits per heavy atom. The minimum Gasteiger partial charge on any atom is -0.336 e. The van der Waals surface area contributed by atoms with Gasteiger partial charge in [-0.3, -0.25) is 15.0 Å². The minimum atomic E-state index is -0.302.